The SMILES string of the molecule is C[C@@H]1CN([C@H]2C[C@@]3(C)[C@@H](CC[C@H]4[C@@H]5CC[C@H](C6(C)OCCO6)[C@@]5(C)CC(=O)[C@@H]43)C[C@@H]2O)CCO1. The number of carbonyl (C=O) groups is 1. The van der Waals surface area contributed by atoms with E-state index in [4.69, 9.17) is 14.2 Å². The number of rotatable bonds is 2. The number of Topliss-reactive ketones (excluding diaryl/α,β-unsaturated/α-hetero) is 1. The monoisotopic (exact) mass is 475 g/mol. The Kier molecular flexibility index (Phi) is 5.78. The molecule has 0 bridgehead atoms. The molecule has 6 heteroatoms. The van der Waals surface area contributed by atoms with Crippen molar-refractivity contribution < 1.29 is 24.1 Å². The third-order valence-electron chi connectivity index (χ3n) is 11.6. The summed E-state index contributed by atoms with van der Waals surface area (Å²) in [6.45, 7) is 12.9. The van der Waals surface area contributed by atoms with Crippen molar-refractivity contribution in [2.75, 3.05) is 32.9 Å². The van der Waals surface area contributed by atoms with Gasteiger partial charge in [0.25, 0.3) is 0 Å². The zero-order valence-corrected chi connectivity index (χ0v) is 21.6. The summed E-state index contributed by atoms with van der Waals surface area (Å²) in [6.07, 6.45) is 6.92. The van der Waals surface area contributed by atoms with Gasteiger partial charge in [0.1, 0.15) is 5.78 Å². The zero-order chi connectivity index (χ0) is 23.9. The molecule has 0 aromatic heterocycles. The van der Waals surface area contributed by atoms with Crippen LogP contribution in [0.4, 0.5) is 0 Å². The smallest absolute Gasteiger partial charge is 0.169 e. The summed E-state index contributed by atoms with van der Waals surface area (Å²) >= 11 is 0. The lowest BCUT2D eigenvalue weighted by Gasteiger charge is -2.62. The van der Waals surface area contributed by atoms with E-state index in [0.717, 1.165) is 51.8 Å². The highest BCUT2D eigenvalue weighted by molar-refractivity contribution is 5.84. The summed E-state index contributed by atoms with van der Waals surface area (Å²) in [5.74, 6) is 1.84. The van der Waals surface area contributed by atoms with Gasteiger partial charge in [-0.15, -0.1) is 0 Å². The van der Waals surface area contributed by atoms with E-state index in [2.05, 4.69) is 32.6 Å². The Morgan fingerprint density at radius 2 is 1.76 bits per heavy atom. The molecule has 1 N–H and O–H groups in total. The average Bonchev–Trinajstić information content (AvgIpc) is 3.37. The molecule has 2 heterocycles. The summed E-state index contributed by atoms with van der Waals surface area (Å²) < 4.78 is 18.1. The largest absolute Gasteiger partial charge is 0.391 e. The van der Waals surface area contributed by atoms with Gasteiger partial charge >= 0.3 is 0 Å². The summed E-state index contributed by atoms with van der Waals surface area (Å²) in [6, 6.07) is 0.142. The Morgan fingerprint density at radius 1 is 1.00 bits per heavy atom. The molecule has 6 aliphatic rings. The van der Waals surface area contributed by atoms with Crippen LogP contribution in [-0.2, 0) is 19.0 Å². The highest BCUT2D eigenvalue weighted by Gasteiger charge is 2.67. The van der Waals surface area contributed by atoms with Crippen LogP contribution in [0.1, 0.15) is 72.6 Å². The van der Waals surface area contributed by atoms with Gasteiger partial charge < -0.3 is 19.3 Å². The van der Waals surface area contributed by atoms with Crippen LogP contribution in [0.15, 0.2) is 0 Å². The van der Waals surface area contributed by atoms with Crippen LogP contribution in [0.3, 0.4) is 0 Å². The van der Waals surface area contributed by atoms with E-state index in [-0.39, 0.29) is 35.0 Å². The summed E-state index contributed by atoms with van der Waals surface area (Å²) in [5, 5.41) is 11.2. The molecule has 6 nitrogen and oxygen atoms in total. The molecule has 0 amide bonds. The molecule has 2 aliphatic heterocycles. The average molecular weight is 476 g/mol. The van der Waals surface area contributed by atoms with Gasteiger partial charge in [-0.1, -0.05) is 13.8 Å². The molecule has 0 aromatic carbocycles. The Bertz CT molecular complexity index is 813. The minimum absolute atomic E-state index is 0.0187. The standard InChI is InChI=1S/C28H45NO5/c1-17-16-29(9-10-32-17)21-14-26(2)18(13-22(21)30)5-6-19-20-7-8-24(28(4)33-11-12-34-28)27(20,3)15-23(31)25(19)26/h17-22,24-25,30H,5-16H2,1-4H3/t17-,18+,19+,20+,21+,22+,24+,25-,26+,27+/m1/s1. The lowest BCUT2D eigenvalue weighted by atomic mass is 9.43. The van der Waals surface area contributed by atoms with Crippen molar-refractivity contribution >= 4 is 5.78 Å². The van der Waals surface area contributed by atoms with Gasteiger partial charge in [0, 0.05) is 37.4 Å². The number of morpholine rings is 1. The second-order valence-corrected chi connectivity index (χ2v) is 13.3. The fourth-order valence-corrected chi connectivity index (χ4v) is 10.2. The third kappa shape index (κ3) is 3.42. The van der Waals surface area contributed by atoms with E-state index in [1.54, 1.807) is 0 Å². The van der Waals surface area contributed by atoms with Crippen molar-refractivity contribution in [2.45, 2.75) is 96.7 Å². The van der Waals surface area contributed by atoms with Crippen LogP contribution in [0.2, 0.25) is 0 Å². The number of ketones is 1. The van der Waals surface area contributed by atoms with Gasteiger partial charge in [0.05, 0.1) is 32.0 Å². The van der Waals surface area contributed by atoms with E-state index >= 15 is 0 Å². The van der Waals surface area contributed by atoms with Crippen molar-refractivity contribution in [3.8, 4) is 0 Å². The van der Waals surface area contributed by atoms with Crippen LogP contribution >= 0.6 is 0 Å². The first-order valence-electron chi connectivity index (χ1n) is 14.0. The summed E-state index contributed by atoms with van der Waals surface area (Å²) in [4.78, 5) is 16.6. The van der Waals surface area contributed by atoms with Crippen molar-refractivity contribution in [3.05, 3.63) is 0 Å². The normalized spacial score (nSPS) is 53.3. The molecule has 0 aromatic rings. The molecule has 0 spiro atoms. The Balaban J connectivity index is 1.28. The van der Waals surface area contributed by atoms with Crippen molar-refractivity contribution in [2.24, 2.45) is 40.4 Å². The van der Waals surface area contributed by atoms with E-state index in [0.29, 0.717) is 49.1 Å². The first kappa shape index (κ1) is 23.8. The Labute approximate surface area is 205 Å². The van der Waals surface area contributed by atoms with Crippen molar-refractivity contribution in [3.63, 3.8) is 0 Å². The van der Waals surface area contributed by atoms with E-state index < -0.39 is 5.79 Å². The minimum atomic E-state index is -0.537. The van der Waals surface area contributed by atoms with E-state index in [1.165, 1.54) is 6.42 Å². The number of aliphatic hydroxyl groups excluding tert-OH is 1. The second kappa shape index (κ2) is 8.24. The number of fused-ring (bicyclic) bond motifs is 5. The molecule has 4 saturated carbocycles. The van der Waals surface area contributed by atoms with Crippen molar-refractivity contribution in [1.29, 1.82) is 0 Å². The molecular formula is C28H45NO5. The highest BCUT2D eigenvalue weighted by Crippen LogP contribution is 2.68. The molecule has 192 valence electrons. The number of aliphatic hydroxyl groups is 1. The number of ether oxygens (including phenoxy) is 3. The molecule has 4 aliphatic carbocycles. The molecule has 6 rings (SSSR count). The number of hydrogen-bond acceptors (Lipinski definition) is 6. The predicted molar refractivity (Wildman–Crippen MR) is 128 cm³/mol. The van der Waals surface area contributed by atoms with Gasteiger partial charge in [0.15, 0.2) is 5.79 Å². The van der Waals surface area contributed by atoms with Crippen LogP contribution < -0.4 is 0 Å². The molecule has 0 unspecified atom stereocenters. The second-order valence-electron chi connectivity index (χ2n) is 13.3. The molecule has 0 radical (unpaired) electrons. The van der Waals surface area contributed by atoms with Gasteiger partial charge in [-0.3, -0.25) is 9.69 Å². The fourth-order valence-electron chi connectivity index (χ4n) is 10.2. The van der Waals surface area contributed by atoms with Gasteiger partial charge in [0.2, 0.25) is 0 Å². The number of hydrogen-bond donors (Lipinski definition) is 1. The summed E-state index contributed by atoms with van der Waals surface area (Å²) in [5.41, 5.74) is -0.0527. The Morgan fingerprint density at radius 3 is 2.50 bits per heavy atom. The molecular weight excluding hydrogens is 430 g/mol. The lowest BCUT2D eigenvalue weighted by Crippen LogP contribution is -2.63. The van der Waals surface area contributed by atoms with E-state index in [9.17, 15) is 9.90 Å². The predicted octanol–water partition coefficient (Wildman–Crippen LogP) is 3.65. The molecule has 6 fully saturated rings. The maximum Gasteiger partial charge on any atom is 0.169 e. The first-order chi connectivity index (χ1) is 16.2. The number of nitrogens with zero attached hydrogens (tertiary/aromatic N) is 1. The van der Waals surface area contributed by atoms with Crippen LogP contribution in [-0.4, -0.2) is 72.7 Å². The first-order valence-corrected chi connectivity index (χ1v) is 14.0. The van der Waals surface area contributed by atoms with Gasteiger partial charge in [-0.2, -0.15) is 0 Å². The summed E-state index contributed by atoms with van der Waals surface area (Å²) in [7, 11) is 0. The topological polar surface area (TPSA) is 68.2 Å². The third-order valence-corrected chi connectivity index (χ3v) is 11.6. The molecule has 10 atom stereocenters. The minimum Gasteiger partial charge on any atom is -0.391 e. The maximum absolute atomic E-state index is 14.1. The Hall–Kier alpha value is -0.530. The lowest BCUT2D eigenvalue weighted by molar-refractivity contribution is -0.218. The highest BCUT2D eigenvalue weighted by atomic mass is 16.7. The number of carbonyl (C=O) groups excluding carboxylic acids is 1. The van der Waals surface area contributed by atoms with Crippen molar-refractivity contribution in [1.82, 2.24) is 4.90 Å². The van der Waals surface area contributed by atoms with Crippen LogP contribution in [0.25, 0.3) is 0 Å². The zero-order valence-electron chi connectivity index (χ0n) is 21.6. The van der Waals surface area contributed by atoms with Gasteiger partial charge in [-0.25, -0.2) is 0 Å². The fraction of sp³-hybridized carbons (Fsp3) is 0.964. The van der Waals surface area contributed by atoms with Crippen LogP contribution in [0, 0.1) is 40.4 Å². The maximum atomic E-state index is 14.1. The molecule has 2 saturated heterocycles. The van der Waals surface area contributed by atoms with Crippen LogP contribution in [0.5, 0.6) is 0 Å². The molecule has 34 heavy (non-hydrogen) atoms. The van der Waals surface area contributed by atoms with Gasteiger partial charge in [-0.05, 0) is 81.0 Å². The quantitative estimate of drug-likeness (QED) is 0.658. The van der Waals surface area contributed by atoms with E-state index in [1.807, 2.05) is 0 Å².